The van der Waals surface area contributed by atoms with E-state index in [0.29, 0.717) is 13.2 Å². The Hall–Kier alpha value is -0.780. The van der Waals surface area contributed by atoms with Gasteiger partial charge >= 0.3 is 6.18 Å². The Morgan fingerprint density at radius 1 is 1.46 bits per heavy atom. The molecule has 1 fully saturated rings. The predicted octanol–water partition coefficient (Wildman–Crippen LogP) is 0.701. The van der Waals surface area contributed by atoms with Crippen LogP contribution in [0.1, 0.15) is 6.42 Å². The SMILES string of the molecule is O=C(CC1COC1)NCC(F)(F)F. The van der Waals surface area contributed by atoms with E-state index >= 15 is 0 Å². The fourth-order valence-electron chi connectivity index (χ4n) is 0.936. The smallest absolute Gasteiger partial charge is 0.381 e. The molecule has 0 spiro atoms. The van der Waals surface area contributed by atoms with Crippen LogP contribution in [0, 0.1) is 5.92 Å². The summed E-state index contributed by atoms with van der Waals surface area (Å²) in [6.07, 6.45) is -4.21. The summed E-state index contributed by atoms with van der Waals surface area (Å²) in [4.78, 5) is 10.8. The van der Waals surface area contributed by atoms with Crippen LogP contribution in [0.25, 0.3) is 0 Å². The fraction of sp³-hybridized carbons (Fsp3) is 0.857. The number of alkyl halides is 3. The number of carbonyl (C=O) groups excluding carboxylic acids is 1. The van der Waals surface area contributed by atoms with Crippen molar-refractivity contribution in [3.63, 3.8) is 0 Å². The first-order valence-electron chi connectivity index (χ1n) is 3.88. The molecule has 1 heterocycles. The highest BCUT2D eigenvalue weighted by Crippen LogP contribution is 2.15. The fourth-order valence-corrected chi connectivity index (χ4v) is 0.936. The van der Waals surface area contributed by atoms with Crippen molar-refractivity contribution >= 4 is 5.91 Å². The van der Waals surface area contributed by atoms with Gasteiger partial charge in [-0.05, 0) is 0 Å². The molecule has 0 unspecified atom stereocenters. The molecule has 0 bridgehead atoms. The Morgan fingerprint density at radius 3 is 2.46 bits per heavy atom. The van der Waals surface area contributed by atoms with Crippen LogP contribution in [-0.4, -0.2) is 31.8 Å². The number of hydrogen-bond acceptors (Lipinski definition) is 2. The van der Waals surface area contributed by atoms with E-state index < -0.39 is 18.6 Å². The summed E-state index contributed by atoms with van der Waals surface area (Å²) in [7, 11) is 0. The van der Waals surface area contributed by atoms with E-state index in [4.69, 9.17) is 4.74 Å². The van der Waals surface area contributed by atoms with Crippen LogP contribution in [-0.2, 0) is 9.53 Å². The molecule has 0 radical (unpaired) electrons. The maximum atomic E-state index is 11.6. The molecule has 0 aromatic carbocycles. The summed E-state index contributed by atoms with van der Waals surface area (Å²) in [6, 6.07) is 0. The van der Waals surface area contributed by atoms with Crippen molar-refractivity contribution in [2.75, 3.05) is 19.8 Å². The minimum absolute atomic E-state index is 0.0910. The number of carbonyl (C=O) groups is 1. The Balaban J connectivity index is 2.10. The number of ether oxygens (including phenoxy) is 1. The average molecular weight is 197 g/mol. The summed E-state index contributed by atoms with van der Waals surface area (Å²) < 4.78 is 39.6. The molecule has 0 saturated carbocycles. The van der Waals surface area contributed by atoms with Crippen molar-refractivity contribution in [1.82, 2.24) is 5.32 Å². The van der Waals surface area contributed by atoms with E-state index in [1.807, 2.05) is 0 Å². The topological polar surface area (TPSA) is 38.3 Å². The highest BCUT2D eigenvalue weighted by Gasteiger charge is 2.29. The number of nitrogens with one attached hydrogen (secondary N) is 1. The highest BCUT2D eigenvalue weighted by atomic mass is 19.4. The van der Waals surface area contributed by atoms with Gasteiger partial charge < -0.3 is 10.1 Å². The average Bonchev–Trinajstić information content (AvgIpc) is 1.91. The van der Waals surface area contributed by atoms with Gasteiger partial charge in [-0.1, -0.05) is 0 Å². The maximum Gasteiger partial charge on any atom is 0.405 e. The summed E-state index contributed by atoms with van der Waals surface area (Å²) in [5.74, 6) is -0.473. The molecule has 1 saturated heterocycles. The molecule has 1 N–H and O–H groups in total. The van der Waals surface area contributed by atoms with Crippen molar-refractivity contribution in [1.29, 1.82) is 0 Å². The third-order valence-electron chi connectivity index (χ3n) is 1.67. The quantitative estimate of drug-likeness (QED) is 0.723. The second-order valence-corrected chi connectivity index (χ2v) is 3.00. The molecule has 1 aliphatic rings. The van der Waals surface area contributed by atoms with Crippen LogP contribution in [0.2, 0.25) is 0 Å². The Bertz CT molecular complexity index is 189. The van der Waals surface area contributed by atoms with Crippen molar-refractivity contribution < 1.29 is 22.7 Å². The summed E-state index contributed by atoms with van der Waals surface area (Å²) in [5, 5.41) is 1.80. The zero-order chi connectivity index (χ0) is 9.90. The van der Waals surface area contributed by atoms with E-state index in [2.05, 4.69) is 0 Å². The molecule has 3 nitrogen and oxygen atoms in total. The van der Waals surface area contributed by atoms with Gasteiger partial charge in [0, 0.05) is 12.3 Å². The van der Waals surface area contributed by atoms with Crippen molar-refractivity contribution in [2.45, 2.75) is 12.6 Å². The lowest BCUT2D eigenvalue weighted by molar-refractivity contribution is -0.141. The van der Waals surface area contributed by atoms with Crippen LogP contribution in [0.4, 0.5) is 13.2 Å². The van der Waals surface area contributed by atoms with Crippen molar-refractivity contribution in [3.8, 4) is 0 Å². The predicted molar refractivity (Wildman–Crippen MR) is 38.0 cm³/mol. The number of rotatable bonds is 3. The van der Waals surface area contributed by atoms with E-state index in [-0.39, 0.29) is 12.3 Å². The Kier molecular flexibility index (Phi) is 3.13. The lowest BCUT2D eigenvalue weighted by atomic mass is 10.0. The van der Waals surface area contributed by atoms with E-state index in [1.165, 1.54) is 0 Å². The van der Waals surface area contributed by atoms with Gasteiger partial charge in [0.05, 0.1) is 13.2 Å². The second kappa shape index (κ2) is 3.95. The van der Waals surface area contributed by atoms with E-state index in [1.54, 1.807) is 5.32 Å². The number of hydrogen-bond donors (Lipinski definition) is 1. The van der Waals surface area contributed by atoms with E-state index in [0.717, 1.165) is 0 Å². The first kappa shape index (κ1) is 10.3. The van der Waals surface area contributed by atoms with Crippen LogP contribution < -0.4 is 5.32 Å². The van der Waals surface area contributed by atoms with Crippen LogP contribution >= 0.6 is 0 Å². The van der Waals surface area contributed by atoms with Gasteiger partial charge in [-0.3, -0.25) is 4.79 Å². The van der Waals surface area contributed by atoms with Gasteiger partial charge in [0.1, 0.15) is 6.54 Å². The largest absolute Gasteiger partial charge is 0.405 e. The summed E-state index contributed by atoms with van der Waals surface area (Å²) >= 11 is 0. The maximum absolute atomic E-state index is 11.6. The molecule has 0 aromatic heterocycles. The van der Waals surface area contributed by atoms with E-state index in [9.17, 15) is 18.0 Å². The molecule has 1 amide bonds. The molecule has 1 rings (SSSR count). The molecule has 0 aromatic rings. The van der Waals surface area contributed by atoms with Crippen molar-refractivity contribution in [3.05, 3.63) is 0 Å². The van der Waals surface area contributed by atoms with Gasteiger partial charge in [0.25, 0.3) is 0 Å². The first-order valence-corrected chi connectivity index (χ1v) is 3.88. The monoisotopic (exact) mass is 197 g/mol. The molecule has 76 valence electrons. The highest BCUT2D eigenvalue weighted by molar-refractivity contribution is 5.76. The lowest BCUT2D eigenvalue weighted by Gasteiger charge is -2.25. The third-order valence-corrected chi connectivity index (χ3v) is 1.67. The summed E-state index contributed by atoms with van der Waals surface area (Å²) in [6.45, 7) is -0.307. The minimum atomic E-state index is -4.33. The van der Waals surface area contributed by atoms with Gasteiger partial charge in [0.15, 0.2) is 0 Å². The summed E-state index contributed by atoms with van der Waals surface area (Å²) in [5.41, 5.74) is 0. The van der Waals surface area contributed by atoms with Gasteiger partial charge in [-0.2, -0.15) is 13.2 Å². The van der Waals surface area contributed by atoms with Gasteiger partial charge in [0.2, 0.25) is 5.91 Å². The van der Waals surface area contributed by atoms with Gasteiger partial charge in [-0.25, -0.2) is 0 Å². The van der Waals surface area contributed by atoms with Crippen LogP contribution in [0.15, 0.2) is 0 Å². The first-order chi connectivity index (χ1) is 5.97. The molecule has 6 heteroatoms. The minimum Gasteiger partial charge on any atom is -0.381 e. The molecule has 13 heavy (non-hydrogen) atoms. The molecule has 1 aliphatic heterocycles. The Labute approximate surface area is 73.2 Å². The second-order valence-electron chi connectivity index (χ2n) is 3.00. The normalized spacial score (nSPS) is 18.1. The Morgan fingerprint density at radius 2 is 2.08 bits per heavy atom. The number of halogens is 3. The molecular weight excluding hydrogens is 187 g/mol. The third kappa shape index (κ3) is 4.12. The molecule has 0 atom stereocenters. The van der Waals surface area contributed by atoms with Crippen LogP contribution in [0.3, 0.4) is 0 Å². The van der Waals surface area contributed by atoms with Gasteiger partial charge in [-0.15, -0.1) is 0 Å². The molecular formula is C7H10F3NO2. The zero-order valence-electron chi connectivity index (χ0n) is 6.86. The van der Waals surface area contributed by atoms with Crippen molar-refractivity contribution in [2.24, 2.45) is 5.92 Å². The molecule has 0 aliphatic carbocycles. The van der Waals surface area contributed by atoms with Crippen LogP contribution in [0.5, 0.6) is 0 Å². The lowest BCUT2D eigenvalue weighted by Crippen LogP contribution is -2.38. The zero-order valence-corrected chi connectivity index (χ0v) is 6.86. The number of amides is 1. The standard InChI is InChI=1S/C7H10F3NO2/c8-7(9,10)4-11-6(12)1-5-2-13-3-5/h5H,1-4H2,(H,11,12).